The third-order valence-corrected chi connectivity index (χ3v) is 5.16. The summed E-state index contributed by atoms with van der Waals surface area (Å²) in [5.74, 6) is -1.14. The summed E-state index contributed by atoms with van der Waals surface area (Å²) in [6.45, 7) is -0.287. The maximum absolute atomic E-state index is 12.7. The van der Waals surface area contributed by atoms with Gasteiger partial charge in [-0.15, -0.1) is 0 Å². The molecule has 1 aliphatic carbocycles. The van der Waals surface area contributed by atoms with Crippen LogP contribution in [0.4, 0.5) is 5.69 Å². The second kappa shape index (κ2) is 8.77. The van der Waals surface area contributed by atoms with Crippen LogP contribution in [0.1, 0.15) is 36.0 Å². The van der Waals surface area contributed by atoms with Gasteiger partial charge in [-0.25, -0.2) is 9.36 Å². The van der Waals surface area contributed by atoms with Gasteiger partial charge in [0.05, 0.1) is 11.3 Å². The molecule has 0 bridgehead atoms. The smallest absolute Gasteiger partial charge is 0.349 e. The molecule has 1 aliphatic rings. The molecule has 1 aromatic heterocycles. The van der Waals surface area contributed by atoms with Gasteiger partial charge in [0.25, 0.3) is 5.91 Å². The monoisotopic (exact) mass is 406 g/mol. The molecule has 0 spiro atoms. The fourth-order valence-electron chi connectivity index (χ4n) is 3.66. The molecular weight excluding hydrogens is 384 g/mol. The van der Waals surface area contributed by atoms with Crippen molar-refractivity contribution in [1.82, 2.24) is 15.0 Å². The first-order valence-electron chi connectivity index (χ1n) is 9.93. The van der Waals surface area contributed by atoms with Gasteiger partial charge in [-0.2, -0.15) is 0 Å². The Kier molecular flexibility index (Phi) is 5.74. The molecule has 4 rings (SSSR count). The van der Waals surface area contributed by atoms with Crippen molar-refractivity contribution in [2.24, 2.45) is 0 Å². The van der Waals surface area contributed by atoms with Crippen LogP contribution < -0.4 is 16.4 Å². The average molecular weight is 406 g/mol. The summed E-state index contributed by atoms with van der Waals surface area (Å²) in [5, 5.41) is 9.54. The lowest BCUT2D eigenvalue weighted by atomic mass is 10.1. The fourth-order valence-corrected chi connectivity index (χ4v) is 3.66. The van der Waals surface area contributed by atoms with Crippen LogP contribution in [0.2, 0.25) is 0 Å². The van der Waals surface area contributed by atoms with Crippen molar-refractivity contribution < 1.29 is 14.1 Å². The molecule has 2 aromatic carbocycles. The van der Waals surface area contributed by atoms with Crippen molar-refractivity contribution in [2.45, 2.75) is 38.3 Å². The molecule has 2 amide bonds. The van der Waals surface area contributed by atoms with Crippen molar-refractivity contribution in [1.29, 1.82) is 0 Å². The largest absolute Gasteiger partial charge is 0.442 e. The first-order chi connectivity index (χ1) is 14.6. The fraction of sp³-hybridized carbons (Fsp3) is 0.273. The normalized spacial score (nSPS) is 13.9. The lowest BCUT2D eigenvalue weighted by molar-refractivity contribution is -0.116. The highest BCUT2D eigenvalue weighted by Gasteiger charge is 2.21. The third kappa shape index (κ3) is 4.32. The molecule has 0 saturated heterocycles. The van der Waals surface area contributed by atoms with Crippen molar-refractivity contribution in [2.75, 3.05) is 5.32 Å². The molecule has 3 aromatic rings. The summed E-state index contributed by atoms with van der Waals surface area (Å²) in [5.41, 5.74) is 1.44. The number of nitrogens with one attached hydrogen (secondary N) is 2. The van der Waals surface area contributed by atoms with E-state index >= 15 is 0 Å². The minimum atomic E-state index is -0.726. The van der Waals surface area contributed by atoms with Crippen LogP contribution in [0.15, 0.2) is 63.9 Å². The summed E-state index contributed by atoms with van der Waals surface area (Å²) in [6.07, 6.45) is 4.17. The lowest BCUT2D eigenvalue weighted by Crippen LogP contribution is -2.33. The summed E-state index contributed by atoms with van der Waals surface area (Å²) in [4.78, 5) is 37.4. The van der Waals surface area contributed by atoms with E-state index in [2.05, 4.69) is 15.8 Å². The van der Waals surface area contributed by atoms with Gasteiger partial charge < -0.3 is 10.6 Å². The molecule has 0 aliphatic heterocycles. The van der Waals surface area contributed by atoms with Crippen LogP contribution in [0.5, 0.6) is 0 Å². The van der Waals surface area contributed by atoms with E-state index in [0.29, 0.717) is 16.8 Å². The van der Waals surface area contributed by atoms with Gasteiger partial charge in [0.1, 0.15) is 6.54 Å². The zero-order valence-electron chi connectivity index (χ0n) is 16.3. The average Bonchev–Trinajstić information content (AvgIpc) is 3.39. The molecule has 8 nitrogen and oxygen atoms in total. The SMILES string of the molecule is O=C(Cn1c(-c2ccccc2)noc1=O)Nc1ccccc1C(=O)NC1CCCC1. The lowest BCUT2D eigenvalue weighted by Gasteiger charge is -2.15. The minimum absolute atomic E-state index is 0.172. The molecule has 8 heteroatoms. The molecular formula is C22H22N4O4. The number of anilines is 1. The standard InChI is InChI=1S/C22H22N4O4/c27-19(14-26-20(25-30-22(26)29)15-8-2-1-3-9-15)24-18-13-7-6-12-17(18)21(28)23-16-10-4-5-11-16/h1-3,6-9,12-13,16H,4-5,10-11,14H2,(H,23,28)(H,24,27). The Hall–Kier alpha value is -3.68. The molecule has 1 fully saturated rings. The number of carbonyl (C=O) groups excluding carboxylic acids is 2. The van der Waals surface area contributed by atoms with Crippen LogP contribution in [-0.2, 0) is 11.3 Å². The van der Waals surface area contributed by atoms with Gasteiger partial charge in [0, 0.05) is 11.6 Å². The Morgan fingerprint density at radius 3 is 2.50 bits per heavy atom. The van der Waals surface area contributed by atoms with Crippen molar-refractivity contribution in [3.63, 3.8) is 0 Å². The van der Waals surface area contributed by atoms with E-state index in [0.717, 1.165) is 30.3 Å². The number of aromatic nitrogens is 2. The molecule has 2 N–H and O–H groups in total. The Labute approximate surface area is 172 Å². The zero-order chi connectivity index (χ0) is 20.9. The Morgan fingerprint density at radius 1 is 1.03 bits per heavy atom. The van der Waals surface area contributed by atoms with Gasteiger partial charge >= 0.3 is 5.76 Å². The summed E-state index contributed by atoms with van der Waals surface area (Å²) < 4.78 is 5.91. The number of carbonyl (C=O) groups is 2. The van der Waals surface area contributed by atoms with E-state index in [1.54, 1.807) is 48.5 Å². The number of para-hydroxylation sites is 1. The van der Waals surface area contributed by atoms with Crippen LogP contribution in [0, 0.1) is 0 Å². The molecule has 0 unspecified atom stereocenters. The highest BCUT2D eigenvalue weighted by molar-refractivity contribution is 6.03. The predicted octanol–water partition coefficient (Wildman–Crippen LogP) is 2.81. The van der Waals surface area contributed by atoms with E-state index in [-0.39, 0.29) is 24.3 Å². The Bertz CT molecular complexity index is 1100. The highest BCUT2D eigenvalue weighted by Crippen LogP contribution is 2.21. The summed E-state index contributed by atoms with van der Waals surface area (Å²) in [7, 11) is 0. The third-order valence-electron chi connectivity index (χ3n) is 5.16. The predicted molar refractivity (Wildman–Crippen MR) is 111 cm³/mol. The van der Waals surface area contributed by atoms with E-state index in [1.807, 2.05) is 6.07 Å². The Balaban J connectivity index is 1.50. The minimum Gasteiger partial charge on any atom is -0.349 e. The van der Waals surface area contributed by atoms with E-state index in [4.69, 9.17) is 4.52 Å². The number of nitrogens with zero attached hydrogens (tertiary/aromatic N) is 2. The molecule has 30 heavy (non-hydrogen) atoms. The summed E-state index contributed by atoms with van der Waals surface area (Å²) in [6, 6.07) is 16.0. The van der Waals surface area contributed by atoms with Crippen molar-refractivity contribution in [3.8, 4) is 11.4 Å². The number of amides is 2. The second-order valence-electron chi connectivity index (χ2n) is 7.27. The van der Waals surface area contributed by atoms with Gasteiger partial charge in [-0.3, -0.25) is 14.1 Å². The van der Waals surface area contributed by atoms with Gasteiger partial charge in [0.2, 0.25) is 5.91 Å². The van der Waals surface area contributed by atoms with Crippen LogP contribution >= 0.6 is 0 Å². The zero-order valence-corrected chi connectivity index (χ0v) is 16.3. The molecule has 1 heterocycles. The number of benzene rings is 2. The van der Waals surface area contributed by atoms with Gasteiger partial charge in [-0.1, -0.05) is 60.5 Å². The highest BCUT2D eigenvalue weighted by atomic mass is 16.5. The van der Waals surface area contributed by atoms with E-state index < -0.39 is 11.7 Å². The van der Waals surface area contributed by atoms with Crippen molar-refractivity contribution in [3.05, 3.63) is 70.7 Å². The molecule has 1 saturated carbocycles. The molecule has 0 atom stereocenters. The number of hydrogen-bond acceptors (Lipinski definition) is 5. The van der Waals surface area contributed by atoms with Gasteiger partial charge in [0.15, 0.2) is 5.82 Å². The van der Waals surface area contributed by atoms with Crippen LogP contribution in [0.25, 0.3) is 11.4 Å². The molecule has 154 valence electrons. The maximum atomic E-state index is 12.7. The molecule has 0 radical (unpaired) electrons. The topological polar surface area (TPSA) is 106 Å². The van der Waals surface area contributed by atoms with E-state index in [1.165, 1.54) is 0 Å². The van der Waals surface area contributed by atoms with Crippen LogP contribution in [0.3, 0.4) is 0 Å². The first kappa shape index (κ1) is 19.6. The van der Waals surface area contributed by atoms with E-state index in [9.17, 15) is 14.4 Å². The maximum Gasteiger partial charge on any atom is 0.442 e. The number of hydrogen-bond donors (Lipinski definition) is 2. The summed E-state index contributed by atoms with van der Waals surface area (Å²) >= 11 is 0. The Morgan fingerprint density at radius 2 is 1.73 bits per heavy atom. The second-order valence-corrected chi connectivity index (χ2v) is 7.27. The quantitative estimate of drug-likeness (QED) is 0.655. The van der Waals surface area contributed by atoms with Gasteiger partial charge in [-0.05, 0) is 25.0 Å². The van der Waals surface area contributed by atoms with Crippen LogP contribution in [-0.4, -0.2) is 27.6 Å². The first-order valence-corrected chi connectivity index (χ1v) is 9.93. The number of rotatable bonds is 6. The van der Waals surface area contributed by atoms with Crippen molar-refractivity contribution >= 4 is 17.5 Å².